The minimum absolute atomic E-state index is 0.0772. The smallest absolute Gasteiger partial charge is 0.269 e. The Hall–Kier alpha value is -3.61. The van der Waals surface area contributed by atoms with Gasteiger partial charge in [0.1, 0.15) is 23.0 Å². The minimum Gasteiger partial charge on any atom is -0.469 e. The lowest BCUT2D eigenvalue weighted by molar-refractivity contribution is 0.0947. The number of nitrogens with zero attached hydrogens (tertiary/aromatic N) is 2. The number of carbonyl (C=O) groups is 1. The number of H-pyrrole nitrogens is 1. The molecule has 0 radical (unpaired) electrons. The van der Waals surface area contributed by atoms with E-state index in [1.54, 1.807) is 24.5 Å². The molecular formula is C22H21FN4O2. The highest BCUT2D eigenvalue weighted by molar-refractivity contribution is 5.93. The van der Waals surface area contributed by atoms with Crippen LogP contribution in [0.1, 0.15) is 34.2 Å². The molecule has 7 heteroatoms. The van der Waals surface area contributed by atoms with Gasteiger partial charge < -0.3 is 14.3 Å². The van der Waals surface area contributed by atoms with Crippen LogP contribution in [-0.4, -0.2) is 27.2 Å². The molecule has 4 rings (SSSR count). The fourth-order valence-electron chi connectivity index (χ4n) is 3.38. The molecule has 0 spiro atoms. The van der Waals surface area contributed by atoms with Gasteiger partial charge in [0, 0.05) is 25.7 Å². The number of aromatic amines is 1. The third-order valence-corrected chi connectivity index (χ3v) is 4.91. The molecule has 148 valence electrons. The molecule has 0 aliphatic rings. The molecule has 1 amide bonds. The van der Waals surface area contributed by atoms with Gasteiger partial charge in [-0.05, 0) is 54.4 Å². The molecule has 0 aliphatic carbocycles. The average Bonchev–Trinajstić information content (AvgIpc) is 3.47. The highest BCUT2D eigenvalue weighted by Crippen LogP contribution is 2.28. The van der Waals surface area contributed by atoms with Gasteiger partial charge in [0.05, 0.1) is 12.0 Å². The first-order chi connectivity index (χ1) is 14.1. The predicted molar refractivity (Wildman–Crippen MR) is 107 cm³/mol. The number of carbonyl (C=O) groups excluding carboxylic acids is 1. The van der Waals surface area contributed by atoms with Crippen LogP contribution in [0.4, 0.5) is 4.39 Å². The van der Waals surface area contributed by atoms with Crippen molar-refractivity contribution in [3.8, 4) is 11.4 Å². The number of aromatic nitrogens is 3. The summed E-state index contributed by atoms with van der Waals surface area (Å²) < 4.78 is 20.8. The van der Waals surface area contributed by atoms with E-state index in [1.165, 1.54) is 12.1 Å². The third kappa shape index (κ3) is 4.13. The number of rotatable bonds is 7. The van der Waals surface area contributed by atoms with Gasteiger partial charge in [-0.1, -0.05) is 12.1 Å². The highest BCUT2D eigenvalue weighted by atomic mass is 19.1. The van der Waals surface area contributed by atoms with Gasteiger partial charge in [0.15, 0.2) is 0 Å². The van der Waals surface area contributed by atoms with Crippen LogP contribution >= 0.6 is 0 Å². The Morgan fingerprint density at radius 2 is 2.07 bits per heavy atom. The topological polar surface area (TPSA) is 75.8 Å². The van der Waals surface area contributed by atoms with Crippen LogP contribution in [0.5, 0.6) is 0 Å². The monoisotopic (exact) mass is 392 g/mol. The summed E-state index contributed by atoms with van der Waals surface area (Å²) in [6.07, 6.45) is 4.15. The fraction of sp³-hybridized carbons (Fsp3) is 0.182. The highest BCUT2D eigenvalue weighted by Gasteiger charge is 2.18. The number of hydrogen-bond donors (Lipinski definition) is 2. The van der Waals surface area contributed by atoms with Crippen molar-refractivity contribution in [1.29, 1.82) is 0 Å². The molecule has 3 aromatic heterocycles. The Bertz CT molecular complexity index is 1080. The lowest BCUT2D eigenvalue weighted by atomic mass is 9.93. The molecule has 0 saturated carbocycles. The maximum absolute atomic E-state index is 13.3. The van der Waals surface area contributed by atoms with E-state index in [0.717, 1.165) is 17.0 Å². The summed E-state index contributed by atoms with van der Waals surface area (Å²) in [5.74, 6) is 0.189. The van der Waals surface area contributed by atoms with Crippen molar-refractivity contribution in [3.63, 3.8) is 0 Å². The molecule has 2 N–H and O–H groups in total. The van der Waals surface area contributed by atoms with E-state index in [2.05, 4.69) is 15.5 Å². The van der Waals surface area contributed by atoms with Crippen molar-refractivity contribution in [2.45, 2.75) is 12.3 Å². The quantitative estimate of drug-likeness (QED) is 0.497. The molecule has 0 fully saturated rings. The predicted octanol–water partition coefficient (Wildman–Crippen LogP) is 4.10. The zero-order valence-corrected chi connectivity index (χ0v) is 15.9. The van der Waals surface area contributed by atoms with Crippen LogP contribution < -0.4 is 5.32 Å². The first-order valence-electron chi connectivity index (χ1n) is 9.36. The Balaban J connectivity index is 1.41. The van der Waals surface area contributed by atoms with E-state index in [0.29, 0.717) is 24.4 Å². The van der Waals surface area contributed by atoms with Gasteiger partial charge in [-0.15, -0.1) is 0 Å². The zero-order valence-electron chi connectivity index (χ0n) is 15.9. The van der Waals surface area contributed by atoms with E-state index in [-0.39, 0.29) is 17.6 Å². The second-order valence-corrected chi connectivity index (χ2v) is 6.84. The number of benzene rings is 1. The van der Waals surface area contributed by atoms with Crippen molar-refractivity contribution in [3.05, 3.63) is 89.9 Å². The molecule has 0 unspecified atom stereocenters. The Morgan fingerprint density at radius 1 is 1.24 bits per heavy atom. The SMILES string of the molecule is Cn1cccc1-c1cc(C(=O)NCC[C@H](c2ccc(F)cc2)c2ccco2)[nH]n1. The summed E-state index contributed by atoms with van der Waals surface area (Å²) in [6.45, 7) is 0.431. The summed E-state index contributed by atoms with van der Waals surface area (Å²) in [5, 5.41) is 9.93. The van der Waals surface area contributed by atoms with Gasteiger partial charge in [-0.2, -0.15) is 5.10 Å². The van der Waals surface area contributed by atoms with Gasteiger partial charge in [0.2, 0.25) is 0 Å². The number of furan rings is 1. The van der Waals surface area contributed by atoms with E-state index in [9.17, 15) is 9.18 Å². The van der Waals surface area contributed by atoms with Crippen molar-refractivity contribution < 1.29 is 13.6 Å². The molecule has 0 bridgehead atoms. The number of amides is 1. The van der Waals surface area contributed by atoms with Crippen molar-refractivity contribution in [2.24, 2.45) is 7.05 Å². The number of nitrogens with one attached hydrogen (secondary N) is 2. The van der Waals surface area contributed by atoms with Crippen molar-refractivity contribution >= 4 is 5.91 Å². The van der Waals surface area contributed by atoms with Crippen LogP contribution in [0.3, 0.4) is 0 Å². The van der Waals surface area contributed by atoms with Crippen LogP contribution in [0.25, 0.3) is 11.4 Å². The summed E-state index contributed by atoms with van der Waals surface area (Å²) in [7, 11) is 1.92. The van der Waals surface area contributed by atoms with E-state index < -0.39 is 0 Å². The molecule has 0 saturated heterocycles. The largest absolute Gasteiger partial charge is 0.469 e. The van der Waals surface area contributed by atoms with Crippen LogP contribution in [0, 0.1) is 5.82 Å². The van der Waals surface area contributed by atoms with E-state index in [4.69, 9.17) is 4.42 Å². The molecule has 0 aliphatic heterocycles. The molecule has 4 aromatic rings. The number of aryl methyl sites for hydroxylation is 1. The minimum atomic E-state index is -0.284. The first kappa shape index (κ1) is 18.7. The zero-order chi connectivity index (χ0) is 20.2. The van der Waals surface area contributed by atoms with Crippen LogP contribution in [0.15, 0.2) is 71.5 Å². The maximum Gasteiger partial charge on any atom is 0.269 e. The molecule has 1 aromatic carbocycles. The lowest BCUT2D eigenvalue weighted by Gasteiger charge is -2.15. The first-order valence-corrected chi connectivity index (χ1v) is 9.36. The molecule has 1 atom stereocenters. The summed E-state index contributed by atoms with van der Waals surface area (Å²) in [5.41, 5.74) is 2.97. The molecular weight excluding hydrogens is 371 g/mol. The van der Waals surface area contributed by atoms with Gasteiger partial charge >= 0.3 is 0 Å². The fourth-order valence-corrected chi connectivity index (χ4v) is 3.38. The summed E-state index contributed by atoms with van der Waals surface area (Å²) >= 11 is 0. The van der Waals surface area contributed by atoms with Crippen molar-refractivity contribution in [1.82, 2.24) is 20.1 Å². The van der Waals surface area contributed by atoms with Gasteiger partial charge in [-0.25, -0.2) is 4.39 Å². The van der Waals surface area contributed by atoms with Crippen molar-refractivity contribution in [2.75, 3.05) is 6.54 Å². The standard InChI is InChI=1S/C22H21FN4O2/c1-27-12-2-4-20(27)18-14-19(26-25-18)22(28)24-11-10-17(21-5-3-13-29-21)15-6-8-16(23)9-7-15/h2-9,12-14,17H,10-11H2,1H3,(H,24,28)(H,25,26)/t17-/m1/s1. The Kier molecular flexibility index (Phi) is 5.29. The Labute approximate surface area is 167 Å². The van der Waals surface area contributed by atoms with E-state index >= 15 is 0 Å². The summed E-state index contributed by atoms with van der Waals surface area (Å²) in [6, 6.07) is 15.6. The average molecular weight is 392 g/mol. The van der Waals surface area contributed by atoms with Crippen LogP contribution in [-0.2, 0) is 7.05 Å². The second kappa shape index (κ2) is 8.18. The molecule has 6 nitrogen and oxygen atoms in total. The number of halogens is 1. The third-order valence-electron chi connectivity index (χ3n) is 4.91. The summed E-state index contributed by atoms with van der Waals surface area (Å²) in [4.78, 5) is 12.5. The normalized spacial score (nSPS) is 12.1. The van der Waals surface area contributed by atoms with Gasteiger partial charge in [0.25, 0.3) is 5.91 Å². The molecule has 29 heavy (non-hydrogen) atoms. The van der Waals surface area contributed by atoms with E-state index in [1.807, 2.05) is 42.1 Å². The maximum atomic E-state index is 13.3. The van der Waals surface area contributed by atoms with Gasteiger partial charge in [-0.3, -0.25) is 9.89 Å². The number of hydrogen-bond acceptors (Lipinski definition) is 3. The Morgan fingerprint density at radius 3 is 2.76 bits per heavy atom. The lowest BCUT2D eigenvalue weighted by Crippen LogP contribution is -2.26. The second-order valence-electron chi connectivity index (χ2n) is 6.84. The van der Waals surface area contributed by atoms with Crippen LogP contribution in [0.2, 0.25) is 0 Å². The molecule has 3 heterocycles.